The Kier molecular flexibility index (Phi) is 3.07. The van der Waals surface area contributed by atoms with Crippen molar-refractivity contribution in [1.82, 2.24) is 0 Å². The second-order valence-corrected chi connectivity index (χ2v) is 5.45. The number of anilines is 1. The number of hydrogen-bond donors (Lipinski definition) is 2. The first-order valence-electron chi connectivity index (χ1n) is 6.92. The molecule has 2 N–H and O–H groups in total. The zero-order valence-electron chi connectivity index (χ0n) is 11.1. The lowest BCUT2D eigenvalue weighted by atomic mass is 9.84. The molecule has 2 heterocycles. The van der Waals surface area contributed by atoms with Gasteiger partial charge in [0.25, 0.3) is 5.91 Å². The summed E-state index contributed by atoms with van der Waals surface area (Å²) in [5.74, 6) is -0.145. The molecule has 0 bridgehead atoms. The summed E-state index contributed by atoms with van der Waals surface area (Å²) < 4.78 is 6.11. The predicted octanol–water partition coefficient (Wildman–Crippen LogP) is 2.17. The Morgan fingerprint density at radius 2 is 2.26 bits per heavy atom. The minimum Gasteiger partial charge on any atom is -0.393 e. The van der Waals surface area contributed by atoms with Crippen molar-refractivity contribution < 1.29 is 14.6 Å². The number of ether oxygens (including phenoxy) is 1. The van der Waals surface area contributed by atoms with Crippen LogP contribution in [0.5, 0.6) is 0 Å². The molecular formula is C15H19NO3. The predicted molar refractivity (Wildman–Crippen MR) is 71.8 cm³/mol. The normalized spacial score (nSPS) is 33.3. The third kappa shape index (κ3) is 1.95. The van der Waals surface area contributed by atoms with Crippen LogP contribution in [-0.2, 0) is 15.1 Å². The maximum atomic E-state index is 12.4. The Labute approximate surface area is 112 Å². The van der Waals surface area contributed by atoms with Crippen molar-refractivity contribution in [3.8, 4) is 0 Å². The topological polar surface area (TPSA) is 58.6 Å². The lowest BCUT2D eigenvalue weighted by Crippen LogP contribution is -2.48. The van der Waals surface area contributed by atoms with Gasteiger partial charge in [-0.2, -0.15) is 0 Å². The van der Waals surface area contributed by atoms with E-state index in [9.17, 15) is 9.90 Å². The highest BCUT2D eigenvalue weighted by atomic mass is 16.5. The number of fused-ring (bicyclic) bond motifs is 2. The lowest BCUT2D eigenvalue weighted by molar-refractivity contribution is -0.178. The van der Waals surface area contributed by atoms with E-state index >= 15 is 0 Å². The van der Waals surface area contributed by atoms with Crippen molar-refractivity contribution in [2.24, 2.45) is 0 Å². The van der Waals surface area contributed by atoms with Crippen molar-refractivity contribution in [3.05, 3.63) is 29.8 Å². The smallest absolute Gasteiger partial charge is 0.261 e. The Balaban J connectivity index is 1.99. The fourth-order valence-corrected chi connectivity index (χ4v) is 3.21. The molecule has 3 rings (SSSR count). The van der Waals surface area contributed by atoms with Crippen LogP contribution in [0.15, 0.2) is 24.3 Å². The molecule has 2 aliphatic heterocycles. The Bertz CT molecular complexity index is 502. The van der Waals surface area contributed by atoms with Gasteiger partial charge in [-0.05, 0) is 18.9 Å². The average molecular weight is 261 g/mol. The first-order valence-corrected chi connectivity index (χ1v) is 6.92. The van der Waals surface area contributed by atoms with Crippen LogP contribution in [0.2, 0.25) is 0 Å². The van der Waals surface area contributed by atoms with Gasteiger partial charge in [0, 0.05) is 17.7 Å². The molecule has 4 nitrogen and oxygen atoms in total. The fraction of sp³-hybridized carbons (Fsp3) is 0.533. The third-order valence-corrected chi connectivity index (χ3v) is 4.01. The van der Waals surface area contributed by atoms with E-state index in [4.69, 9.17) is 4.74 Å². The molecule has 1 spiro atoms. The monoisotopic (exact) mass is 261 g/mol. The first-order chi connectivity index (χ1) is 9.15. The number of hydrogen-bond acceptors (Lipinski definition) is 3. The molecule has 1 saturated heterocycles. The van der Waals surface area contributed by atoms with E-state index < -0.39 is 11.7 Å². The lowest BCUT2D eigenvalue weighted by Gasteiger charge is -2.39. The molecule has 0 saturated carbocycles. The number of benzene rings is 1. The van der Waals surface area contributed by atoms with Gasteiger partial charge in [0.15, 0.2) is 5.60 Å². The number of nitrogens with one attached hydrogen (secondary N) is 1. The van der Waals surface area contributed by atoms with Gasteiger partial charge in [0.2, 0.25) is 0 Å². The molecule has 3 atom stereocenters. The number of carbonyl (C=O) groups is 1. The zero-order chi connectivity index (χ0) is 13.5. The van der Waals surface area contributed by atoms with Gasteiger partial charge < -0.3 is 15.2 Å². The number of aliphatic hydroxyl groups is 1. The molecule has 2 aliphatic rings. The molecule has 0 radical (unpaired) electrons. The van der Waals surface area contributed by atoms with Gasteiger partial charge in [-0.3, -0.25) is 4.79 Å². The SMILES string of the molecule is CCC[C@@H]1C[C@H](O)C[C@]2(O1)C(=O)Nc1ccccc12. The molecule has 4 heteroatoms. The van der Waals surface area contributed by atoms with E-state index in [0.717, 1.165) is 24.1 Å². The van der Waals surface area contributed by atoms with Crippen molar-refractivity contribution >= 4 is 11.6 Å². The quantitative estimate of drug-likeness (QED) is 0.857. The Morgan fingerprint density at radius 1 is 1.47 bits per heavy atom. The number of amides is 1. The summed E-state index contributed by atoms with van der Waals surface area (Å²) in [5, 5.41) is 13.0. The van der Waals surface area contributed by atoms with Gasteiger partial charge in [-0.1, -0.05) is 31.5 Å². The van der Waals surface area contributed by atoms with Crippen LogP contribution >= 0.6 is 0 Å². The van der Waals surface area contributed by atoms with Crippen molar-refractivity contribution in [2.45, 2.75) is 50.4 Å². The van der Waals surface area contributed by atoms with Gasteiger partial charge in [0.05, 0.1) is 12.2 Å². The molecule has 1 fully saturated rings. The molecule has 19 heavy (non-hydrogen) atoms. The average Bonchev–Trinajstić information content (AvgIpc) is 2.62. The molecule has 1 aromatic rings. The van der Waals surface area contributed by atoms with Gasteiger partial charge in [-0.25, -0.2) is 0 Å². The molecule has 0 aliphatic carbocycles. The fourth-order valence-electron chi connectivity index (χ4n) is 3.21. The summed E-state index contributed by atoms with van der Waals surface area (Å²) >= 11 is 0. The molecule has 0 unspecified atom stereocenters. The maximum absolute atomic E-state index is 12.4. The van der Waals surface area contributed by atoms with Crippen molar-refractivity contribution in [1.29, 1.82) is 0 Å². The van der Waals surface area contributed by atoms with E-state index in [1.165, 1.54) is 0 Å². The minimum atomic E-state index is -0.992. The van der Waals surface area contributed by atoms with Gasteiger partial charge in [-0.15, -0.1) is 0 Å². The van der Waals surface area contributed by atoms with Crippen LogP contribution in [0, 0.1) is 0 Å². The zero-order valence-corrected chi connectivity index (χ0v) is 11.1. The highest BCUT2D eigenvalue weighted by Crippen LogP contribution is 2.46. The number of aliphatic hydroxyl groups excluding tert-OH is 1. The standard InChI is InChI=1S/C15H19NO3/c1-2-5-11-8-10(17)9-15(19-11)12-6-3-4-7-13(12)16-14(15)18/h3-4,6-7,10-11,17H,2,5,8-9H2,1H3,(H,16,18)/t10-,11+,15+/m0/s1. The minimum absolute atomic E-state index is 0.0503. The van der Waals surface area contributed by atoms with Gasteiger partial charge >= 0.3 is 0 Å². The van der Waals surface area contributed by atoms with Gasteiger partial charge in [0.1, 0.15) is 0 Å². The van der Waals surface area contributed by atoms with Crippen LogP contribution in [0.1, 0.15) is 38.2 Å². The second kappa shape index (κ2) is 4.62. The van der Waals surface area contributed by atoms with E-state index in [1.807, 2.05) is 24.3 Å². The van der Waals surface area contributed by atoms with Crippen molar-refractivity contribution in [3.63, 3.8) is 0 Å². The molecule has 1 amide bonds. The van der Waals surface area contributed by atoms with Crippen LogP contribution in [0.25, 0.3) is 0 Å². The van der Waals surface area contributed by atoms with Crippen molar-refractivity contribution in [2.75, 3.05) is 5.32 Å². The van der Waals surface area contributed by atoms with Crippen LogP contribution in [0.4, 0.5) is 5.69 Å². The number of para-hydroxylation sites is 1. The molecular weight excluding hydrogens is 242 g/mol. The largest absolute Gasteiger partial charge is 0.393 e. The summed E-state index contributed by atoms with van der Waals surface area (Å²) in [6.07, 6.45) is 2.28. The summed E-state index contributed by atoms with van der Waals surface area (Å²) in [6, 6.07) is 7.58. The molecule has 1 aromatic carbocycles. The second-order valence-electron chi connectivity index (χ2n) is 5.45. The molecule has 102 valence electrons. The highest BCUT2D eigenvalue weighted by molar-refractivity contribution is 6.05. The first kappa shape index (κ1) is 12.6. The van der Waals surface area contributed by atoms with E-state index in [1.54, 1.807) is 0 Å². The summed E-state index contributed by atoms with van der Waals surface area (Å²) in [4.78, 5) is 12.4. The third-order valence-electron chi connectivity index (χ3n) is 4.01. The summed E-state index contributed by atoms with van der Waals surface area (Å²) in [6.45, 7) is 2.08. The Morgan fingerprint density at radius 3 is 3.05 bits per heavy atom. The summed E-state index contributed by atoms with van der Waals surface area (Å²) in [7, 11) is 0. The number of rotatable bonds is 2. The van der Waals surface area contributed by atoms with E-state index in [0.29, 0.717) is 12.8 Å². The van der Waals surface area contributed by atoms with Crippen LogP contribution < -0.4 is 5.32 Å². The van der Waals surface area contributed by atoms with Crippen LogP contribution in [-0.4, -0.2) is 23.2 Å². The summed E-state index contributed by atoms with van der Waals surface area (Å²) in [5.41, 5.74) is 0.672. The molecule has 0 aromatic heterocycles. The van der Waals surface area contributed by atoms with E-state index in [-0.39, 0.29) is 12.0 Å². The maximum Gasteiger partial charge on any atom is 0.261 e. The number of carbonyl (C=O) groups excluding carboxylic acids is 1. The Hall–Kier alpha value is -1.39. The highest BCUT2D eigenvalue weighted by Gasteiger charge is 2.52. The van der Waals surface area contributed by atoms with E-state index in [2.05, 4.69) is 12.2 Å². The van der Waals surface area contributed by atoms with Crippen LogP contribution in [0.3, 0.4) is 0 Å².